The van der Waals surface area contributed by atoms with E-state index in [0.29, 0.717) is 39.5 Å². The van der Waals surface area contributed by atoms with Crippen LogP contribution in [-0.4, -0.2) is 43.8 Å². The fraction of sp³-hybridized carbons (Fsp3) is 0.343. The Morgan fingerprint density at radius 2 is 1.83 bits per heavy atom. The summed E-state index contributed by atoms with van der Waals surface area (Å²) in [6, 6.07) is 8.62. The number of aromatic nitrogens is 3. The van der Waals surface area contributed by atoms with E-state index in [4.69, 9.17) is 25.4 Å². The molecule has 242 valence electrons. The maximum absolute atomic E-state index is 13.5. The summed E-state index contributed by atoms with van der Waals surface area (Å²) in [5.41, 5.74) is 3.63. The molecule has 2 atom stereocenters. The van der Waals surface area contributed by atoms with E-state index in [1.165, 1.54) is 10.7 Å². The molecule has 5 aromatic rings. The molecule has 0 bridgehead atoms. The fourth-order valence-electron chi connectivity index (χ4n) is 6.90. The number of ether oxygens (including phenoxy) is 2. The molecule has 3 N–H and O–H groups in total. The van der Waals surface area contributed by atoms with E-state index in [9.17, 15) is 19.5 Å². The van der Waals surface area contributed by atoms with E-state index in [1.54, 1.807) is 45.0 Å². The minimum absolute atomic E-state index is 0.0876. The quantitative estimate of drug-likeness (QED) is 0.125. The van der Waals surface area contributed by atoms with Crippen molar-refractivity contribution in [1.82, 2.24) is 14.6 Å². The first kappa shape index (κ1) is 31.4. The number of aromatic carboxylic acids is 1. The Morgan fingerprint density at radius 1 is 1.11 bits per heavy atom. The lowest BCUT2D eigenvalue weighted by Crippen LogP contribution is -2.37. The average molecular weight is 638 g/mol. The molecule has 0 spiro atoms. The largest absolute Gasteiger partial charge is 0.475 e. The van der Waals surface area contributed by atoms with E-state index >= 15 is 0 Å². The van der Waals surface area contributed by atoms with Crippen molar-refractivity contribution >= 4 is 46.0 Å². The van der Waals surface area contributed by atoms with Gasteiger partial charge in [0.15, 0.2) is 22.8 Å². The molecule has 1 fully saturated rings. The zero-order chi connectivity index (χ0) is 33.7. The Morgan fingerprint density at radius 3 is 2.51 bits per heavy atom. The molecule has 47 heavy (non-hydrogen) atoms. The van der Waals surface area contributed by atoms with Crippen LogP contribution in [0.25, 0.3) is 32.8 Å². The monoisotopic (exact) mass is 637 g/mol. The molecule has 12 heteroatoms. The number of carboxylic acid groups (broad SMARTS) is 1. The molecular formula is C35H35N5O7. The highest BCUT2D eigenvalue weighted by molar-refractivity contribution is 6.03. The zero-order valence-corrected chi connectivity index (χ0v) is 26.9. The van der Waals surface area contributed by atoms with Gasteiger partial charge in [-0.15, -0.1) is 0 Å². The van der Waals surface area contributed by atoms with Crippen LogP contribution in [0.15, 0.2) is 40.9 Å². The smallest absolute Gasteiger partial charge is 0.417 e. The molecule has 2 aromatic carbocycles. The standard InChI is InChI=1S/C35H35N5O7/c1-16-11-18(3)28(19(4)12-16)47-34(43)27-25(36-7)15-40-32(27)38-31(39-40)22-9-8-10-24(20(22)5)37-35(44)45-26-14-17(2)13-23-21(6)29(33(41)42)46-30(23)26/h8-10,13-16,18-19,28H,11-12H2,1-6H3,(H,37,44)(H,38,39)(H,41,42). The number of rotatable bonds is 6. The third-order valence-corrected chi connectivity index (χ3v) is 9.01. The van der Waals surface area contributed by atoms with Crippen LogP contribution in [0.3, 0.4) is 0 Å². The lowest BCUT2D eigenvalue weighted by molar-refractivity contribution is -0.0249. The second-order valence-electron chi connectivity index (χ2n) is 12.7. The van der Waals surface area contributed by atoms with E-state index in [-0.39, 0.29) is 51.9 Å². The van der Waals surface area contributed by atoms with Crippen molar-refractivity contribution in [3.8, 4) is 17.1 Å². The van der Waals surface area contributed by atoms with Gasteiger partial charge in [-0.05, 0) is 80.7 Å². The number of carboxylic acids is 1. The van der Waals surface area contributed by atoms with Gasteiger partial charge in [-0.25, -0.2) is 24.2 Å². The van der Waals surface area contributed by atoms with Crippen LogP contribution in [0.5, 0.6) is 5.75 Å². The number of benzene rings is 2. The van der Waals surface area contributed by atoms with Gasteiger partial charge in [0, 0.05) is 28.4 Å². The zero-order valence-electron chi connectivity index (χ0n) is 26.9. The van der Waals surface area contributed by atoms with Gasteiger partial charge in [0.25, 0.3) is 0 Å². The SMILES string of the molecule is [C-]#[N+]c1cn2[nH]c(-c3cccc(NC(=O)Oc4cc(C)cc5c(C)c(C(=O)O)oc45)c3C)nc2c1C(=O)OC1C(C)CC(C)CC1C. The number of aryl methyl sites for hydroxylation is 2. The Kier molecular flexibility index (Phi) is 8.01. The summed E-state index contributed by atoms with van der Waals surface area (Å²) in [5.74, 6) is -0.537. The lowest BCUT2D eigenvalue weighted by atomic mass is 9.75. The molecule has 1 amide bonds. The van der Waals surface area contributed by atoms with Gasteiger partial charge in [0.2, 0.25) is 11.4 Å². The average Bonchev–Trinajstić information content (AvgIpc) is 3.66. The molecule has 1 aliphatic rings. The van der Waals surface area contributed by atoms with Crippen LogP contribution >= 0.6 is 0 Å². The topological polar surface area (TPSA) is 153 Å². The number of nitrogens with one attached hydrogen (secondary N) is 2. The molecule has 12 nitrogen and oxygen atoms in total. The summed E-state index contributed by atoms with van der Waals surface area (Å²) in [6.45, 7) is 19.3. The van der Waals surface area contributed by atoms with Crippen molar-refractivity contribution in [2.24, 2.45) is 17.8 Å². The van der Waals surface area contributed by atoms with Crippen molar-refractivity contribution in [2.45, 2.75) is 60.5 Å². The van der Waals surface area contributed by atoms with E-state index in [2.05, 4.69) is 36.0 Å². The van der Waals surface area contributed by atoms with E-state index < -0.39 is 18.0 Å². The van der Waals surface area contributed by atoms with Gasteiger partial charge in [-0.1, -0.05) is 32.9 Å². The first-order valence-corrected chi connectivity index (χ1v) is 15.4. The van der Waals surface area contributed by atoms with Gasteiger partial charge in [0.1, 0.15) is 11.7 Å². The minimum atomic E-state index is -1.22. The molecule has 0 radical (unpaired) electrons. The van der Waals surface area contributed by atoms with Gasteiger partial charge in [-0.3, -0.25) is 14.9 Å². The lowest BCUT2D eigenvalue weighted by Gasteiger charge is -2.37. The van der Waals surface area contributed by atoms with Gasteiger partial charge in [-0.2, -0.15) is 0 Å². The highest BCUT2D eigenvalue weighted by Gasteiger charge is 2.36. The highest BCUT2D eigenvalue weighted by atomic mass is 16.6. The number of amides is 1. The molecule has 6 rings (SSSR count). The van der Waals surface area contributed by atoms with Crippen molar-refractivity contribution in [3.05, 3.63) is 76.0 Å². The molecule has 1 aliphatic carbocycles. The predicted octanol–water partition coefficient (Wildman–Crippen LogP) is 8.09. The number of hydrogen-bond acceptors (Lipinski definition) is 7. The third-order valence-electron chi connectivity index (χ3n) is 9.01. The number of fused-ring (bicyclic) bond motifs is 2. The number of nitrogens with zero attached hydrogens (tertiary/aromatic N) is 3. The Labute approximate surface area is 270 Å². The maximum Gasteiger partial charge on any atom is 0.417 e. The molecule has 0 saturated heterocycles. The molecule has 2 unspecified atom stereocenters. The molecule has 1 saturated carbocycles. The van der Waals surface area contributed by atoms with Crippen molar-refractivity contribution < 1.29 is 33.4 Å². The van der Waals surface area contributed by atoms with Crippen LogP contribution in [0.2, 0.25) is 0 Å². The number of esters is 1. The second kappa shape index (κ2) is 12.0. The molecule has 0 aliphatic heterocycles. The number of H-pyrrole nitrogens is 1. The number of aromatic amines is 1. The minimum Gasteiger partial charge on any atom is -0.475 e. The molecule has 3 aromatic heterocycles. The van der Waals surface area contributed by atoms with Gasteiger partial charge in [0.05, 0.1) is 6.57 Å². The fourth-order valence-corrected chi connectivity index (χ4v) is 6.90. The second-order valence-corrected chi connectivity index (χ2v) is 12.7. The van der Waals surface area contributed by atoms with Crippen LogP contribution in [0.4, 0.5) is 16.2 Å². The van der Waals surface area contributed by atoms with Crippen LogP contribution in [0.1, 0.15) is 71.2 Å². The van der Waals surface area contributed by atoms with Crippen LogP contribution in [-0.2, 0) is 4.74 Å². The van der Waals surface area contributed by atoms with Crippen LogP contribution in [0, 0.1) is 45.1 Å². The van der Waals surface area contributed by atoms with E-state index in [1.807, 2.05) is 6.07 Å². The Bertz CT molecular complexity index is 2100. The van der Waals surface area contributed by atoms with Gasteiger partial charge < -0.3 is 19.0 Å². The number of hydrogen-bond donors (Lipinski definition) is 3. The number of carbonyl (C=O) groups excluding carboxylic acids is 2. The number of furan rings is 1. The summed E-state index contributed by atoms with van der Waals surface area (Å²) in [6.07, 6.45) is 2.41. The Balaban J connectivity index is 1.26. The van der Waals surface area contributed by atoms with Crippen molar-refractivity contribution in [3.63, 3.8) is 0 Å². The number of carbonyl (C=O) groups is 3. The van der Waals surface area contributed by atoms with Crippen molar-refractivity contribution in [1.29, 1.82) is 0 Å². The van der Waals surface area contributed by atoms with Gasteiger partial charge >= 0.3 is 18.0 Å². The first-order chi connectivity index (χ1) is 22.4. The molecular weight excluding hydrogens is 602 g/mol. The normalized spacial score (nSPS) is 19.4. The maximum atomic E-state index is 13.5. The first-order valence-electron chi connectivity index (χ1n) is 15.4. The summed E-state index contributed by atoms with van der Waals surface area (Å²) >= 11 is 0. The summed E-state index contributed by atoms with van der Waals surface area (Å²) < 4.78 is 18.7. The van der Waals surface area contributed by atoms with E-state index in [0.717, 1.165) is 18.4 Å². The molecule has 3 heterocycles. The number of anilines is 1. The van der Waals surface area contributed by atoms with Crippen molar-refractivity contribution in [2.75, 3.05) is 5.32 Å². The highest BCUT2D eigenvalue weighted by Crippen LogP contribution is 2.38. The summed E-state index contributed by atoms with van der Waals surface area (Å²) in [4.78, 5) is 46.5. The summed E-state index contributed by atoms with van der Waals surface area (Å²) in [7, 11) is 0. The summed E-state index contributed by atoms with van der Waals surface area (Å²) in [5, 5.41) is 15.9. The van der Waals surface area contributed by atoms with Crippen LogP contribution < -0.4 is 10.1 Å². The predicted molar refractivity (Wildman–Crippen MR) is 174 cm³/mol. The Hall–Kier alpha value is -5.57. The third kappa shape index (κ3) is 5.69.